The van der Waals surface area contributed by atoms with Gasteiger partial charge in [0.1, 0.15) is 34.6 Å². The second-order valence-corrected chi connectivity index (χ2v) is 7.59. The molecule has 1 aliphatic rings. The summed E-state index contributed by atoms with van der Waals surface area (Å²) in [5, 5.41) is 0. The van der Waals surface area contributed by atoms with Crippen molar-refractivity contribution in [3.05, 3.63) is 64.7 Å². The number of alkyl halides is 2. The first-order valence-corrected chi connectivity index (χ1v) is 9.72. The van der Waals surface area contributed by atoms with Gasteiger partial charge >= 0.3 is 6.11 Å². The molecule has 29 heavy (non-hydrogen) atoms. The Hall–Kier alpha value is -2.18. The van der Waals surface area contributed by atoms with Crippen molar-refractivity contribution in [2.45, 2.75) is 57.5 Å². The van der Waals surface area contributed by atoms with E-state index in [2.05, 4.69) is 11.7 Å². The number of rotatable bonds is 6. The third-order valence-electron chi connectivity index (χ3n) is 5.45. The van der Waals surface area contributed by atoms with Crippen molar-refractivity contribution in [1.29, 1.82) is 0 Å². The fourth-order valence-electron chi connectivity index (χ4n) is 4.09. The highest BCUT2D eigenvalue weighted by Gasteiger charge is 2.41. The number of hydrogen-bond acceptors (Lipinski definition) is 1. The first kappa shape index (κ1) is 21.5. The molecule has 158 valence electrons. The maximum atomic E-state index is 14.5. The third-order valence-corrected chi connectivity index (χ3v) is 5.45. The lowest BCUT2D eigenvalue weighted by Gasteiger charge is -2.29. The minimum absolute atomic E-state index is 0.0898. The SMILES string of the molecule is CCCC1CCC(c2cc(F)c(C(F)(F)Oc3cc(F)cc(F)c3)c(F)c2)CC1. The van der Waals surface area contributed by atoms with E-state index in [0.717, 1.165) is 50.7 Å². The fraction of sp³-hybridized carbons (Fsp3) is 0.455. The molecule has 0 saturated heterocycles. The van der Waals surface area contributed by atoms with Crippen LogP contribution in [0.4, 0.5) is 26.3 Å². The van der Waals surface area contributed by atoms with Crippen LogP contribution >= 0.6 is 0 Å². The van der Waals surface area contributed by atoms with Crippen LogP contribution in [0, 0.1) is 29.2 Å². The maximum absolute atomic E-state index is 14.5. The predicted octanol–water partition coefficient (Wildman–Crippen LogP) is 7.45. The molecule has 0 heterocycles. The number of ether oxygens (including phenoxy) is 1. The van der Waals surface area contributed by atoms with Gasteiger partial charge in [0.25, 0.3) is 0 Å². The molecule has 0 N–H and O–H groups in total. The third kappa shape index (κ3) is 5.06. The van der Waals surface area contributed by atoms with E-state index in [1.807, 2.05) is 0 Å². The summed E-state index contributed by atoms with van der Waals surface area (Å²) in [6, 6.07) is 3.31. The summed E-state index contributed by atoms with van der Waals surface area (Å²) < 4.78 is 88.3. The van der Waals surface area contributed by atoms with Crippen LogP contribution in [-0.2, 0) is 6.11 Å². The van der Waals surface area contributed by atoms with Gasteiger partial charge in [-0.2, -0.15) is 8.78 Å². The van der Waals surface area contributed by atoms with Gasteiger partial charge < -0.3 is 4.74 Å². The Labute approximate surface area is 165 Å². The van der Waals surface area contributed by atoms with E-state index >= 15 is 0 Å². The number of hydrogen-bond donors (Lipinski definition) is 0. The van der Waals surface area contributed by atoms with Gasteiger partial charge in [0, 0.05) is 18.2 Å². The van der Waals surface area contributed by atoms with Gasteiger partial charge in [0.05, 0.1) is 0 Å². The van der Waals surface area contributed by atoms with E-state index in [-0.39, 0.29) is 5.92 Å². The second-order valence-electron chi connectivity index (χ2n) is 7.59. The monoisotopic (exact) mass is 416 g/mol. The van der Waals surface area contributed by atoms with E-state index in [0.29, 0.717) is 29.7 Å². The minimum Gasteiger partial charge on any atom is -0.429 e. The molecule has 2 aromatic rings. The lowest BCUT2D eigenvalue weighted by atomic mass is 9.77. The highest BCUT2D eigenvalue weighted by molar-refractivity contribution is 5.32. The minimum atomic E-state index is -4.44. The summed E-state index contributed by atoms with van der Waals surface area (Å²) in [6.45, 7) is 2.11. The first-order chi connectivity index (χ1) is 13.7. The van der Waals surface area contributed by atoms with E-state index in [9.17, 15) is 26.3 Å². The molecule has 0 radical (unpaired) electrons. The number of benzene rings is 2. The number of halogens is 6. The average molecular weight is 416 g/mol. The van der Waals surface area contributed by atoms with Crippen LogP contribution in [0.25, 0.3) is 0 Å². The van der Waals surface area contributed by atoms with Gasteiger partial charge in [-0.05, 0) is 55.2 Å². The zero-order valence-electron chi connectivity index (χ0n) is 16.0. The molecule has 1 fully saturated rings. The largest absolute Gasteiger partial charge is 0.432 e. The summed E-state index contributed by atoms with van der Waals surface area (Å²) in [5.41, 5.74) is -1.24. The van der Waals surface area contributed by atoms with Crippen LogP contribution in [0.2, 0.25) is 0 Å². The predicted molar refractivity (Wildman–Crippen MR) is 96.8 cm³/mol. The molecule has 0 aromatic heterocycles. The quantitative estimate of drug-likeness (QED) is 0.445. The maximum Gasteiger partial charge on any atom is 0.432 e. The second kappa shape index (κ2) is 8.67. The topological polar surface area (TPSA) is 9.23 Å². The Morgan fingerprint density at radius 2 is 1.41 bits per heavy atom. The normalized spacial score (nSPS) is 20.0. The van der Waals surface area contributed by atoms with Crippen molar-refractivity contribution in [3.63, 3.8) is 0 Å². The lowest BCUT2D eigenvalue weighted by Crippen LogP contribution is -2.26. The molecular formula is C22H22F6O. The van der Waals surface area contributed by atoms with Crippen LogP contribution in [0.5, 0.6) is 5.75 Å². The highest BCUT2D eigenvalue weighted by Crippen LogP contribution is 2.41. The summed E-state index contributed by atoms with van der Waals surface area (Å²) in [5.74, 6) is -5.56. The molecule has 0 spiro atoms. The standard InChI is InChI=1S/C22H22F6O/c1-2-3-13-4-6-14(7-5-13)15-8-19(25)21(20(26)9-15)22(27,28)29-18-11-16(23)10-17(24)12-18/h8-14H,2-7H2,1H3. The van der Waals surface area contributed by atoms with Crippen molar-refractivity contribution in [2.24, 2.45) is 5.92 Å². The molecule has 3 rings (SSSR count). The molecule has 0 atom stereocenters. The fourth-order valence-corrected chi connectivity index (χ4v) is 4.09. The molecular weight excluding hydrogens is 394 g/mol. The molecule has 2 aromatic carbocycles. The van der Waals surface area contributed by atoms with E-state index in [4.69, 9.17) is 0 Å². The van der Waals surface area contributed by atoms with Crippen molar-refractivity contribution >= 4 is 0 Å². The summed E-state index contributed by atoms with van der Waals surface area (Å²) in [7, 11) is 0. The smallest absolute Gasteiger partial charge is 0.429 e. The van der Waals surface area contributed by atoms with Gasteiger partial charge in [-0.15, -0.1) is 0 Å². The van der Waals surface area contributed by atoms with E-state index in [1.54, 1.807) is 0 Å². The van der Waals surface area contributed by atoms with Crippen LogP contribution in [0.15, 0.2) is 30.3 Å². The Bertz CT molecular complexity index is 815. The average Bonchev–Trinajstić information content (AvgIpc) is 2.60. The van der Waals surface area contributed by atoms with Crippen LogP contribution in [-0.4, -0.2) is 0 Å². The van der Waals surface area contributed by atoms with E-state index < -0.39 is 40.7 Å². The van der Waals surface area contributed by atoms with Crippen molar-refractivity contribution in [2.75, 3.05) is 0 Å². The summed E-state index contributed by atoms with van der Waals surface area (Å²) >= 11 is 0. The molecule has 1 aliphatic carbocycles. The van der Waals surface area contributed by atoms with Gasteiger partial charge in [-0.25, -0.2) is 17.6 Å². The first-order valence-electron chi connectivity index (χ1n) is 9.72. The van der Waals surface area contributed by atoms with Crippen LogP contribution in [0.3, 0.4) is 0 Å². The van der Waals surface area contributed by atoms with Crippen LogP contribution in [0.1, 0.15) is 62.5 Å². The Morgan fingerprint density at radius 1 is 0.862 bits per heavy atom. The zero-order valence-corrected chi connectivity index (χ0v) is 16.0. The van der Waals surface area contributed by atoms with Crippen LogP contribution < -0.4 is 4.74 Å². The van der Waals surface area contributed by atoms with Crippen molar-refractivity contribution < 1.29 is 31.1 Å². The summed E-state index contributed by atoms with van der Waals surface area (Å²) in [6.07, 6.45) is 1.13. The molecule has 0 aliphatic heterocycles. The highest BCUT2D eigenvalue weighted by atomic mass is 19.3. The Balaban J connectivity index is 1.81. The Kier molecular flexibility index (Phi) is 6.44. The summed E-state index contributed by atoms with van der Waals surface area (Å²) in [4.78, 5) is 0. The molecule has 7 heteroatoms. The molecule has 1 saturated carbocycles. The molecule has 0 amide bonds. The Morgan fingerprint density at radius 3 is 1.93 bits per heavy atom. The van der Waals surface area contributed by atoms with Crippen molar-refractivity contribution in [1.82, 2.24) is 0 Å². The van der Waals surface area contributed by atoms with E-state index in [1.165, 1.54) is 0 Å². The lowest BCUT2D eigenvalue weighted by molar-refractivity contribution is -0.189. The van der Waals surface area contributed by atoms with Gasteiger partial charge in [-0.1, -0.05) is 19.8 Å². The molecule has 0 bridgehead atoms. The molecule has 1 nitrogen and oxygen atoms in total. The van der Waals surface area contributed by atoms with Gasteiger partial charge in [0.15, 0.2) is 0 Å². The van der Waals surface area contributed by atoms with Gasteiger partial charge in [-0.3, -0.25) is 0 Å². The molecule has 0 unspecified atom stereocenters. The van der Waals surface area contributed by atoms with Crippen molar-refractivity contribution in [3.8, 4) is 5.75 Å². The zero-order chi connectivity index (χ0) is 21.2. The van der Waals surface area contributed by atoms with Gasteiger partial charge in [0.2, 0.25) is 0 Å².